The van der Waals surface area contributed by atoms with E-state index >= 15 is 0 Å². The van der Waals surface area contributed by atoms with Crippen molar-refractivity contribution in [3.05, 3.63) is 0 Å². The Balaban J connectivity index is 1.72. The Labute approximate surface area is 121 Å². The number of morpholine rings is 2. The van der Waals surface area contributed by atoms with Gasteiger partial charge in [0.05, 0.1) is 32.0 Å². The zero-order chi connectivity index (χ0) is 14.4. The summed E-state index contributed by atoms with van der Waals surface area (Å²) in [5.74, 6) is 0.104. The van der Waals surface area contributed by atoms with Crippen LogP contribution in [-0.4, -0.2) is 86.9 Å². The number of carbonyl (C=O) groups excluding carboxylic acids is 1. The lowest BCUT2D eigenvalue weighted by Gasteiger charge is -2.39. The van der Waals surface area contributed by atoms with Gasteiger partial charge in [-0.15, -0.1) is 0 Å². The molecule has 0 unspecified atom stereocenters. The molecule has 2 rings (SSSR count). The van der Waals surface area contributed by atoms with Gasteiger partial charge in [0.1, 0.15) is 0 Å². The summed E-state index contributed by atoms with van der Waals surface area (Å²) in [4.78, 5) is 16.9. The summed E-state index contributed by atoms with van der Waals surface area (Å²) in [6, 6.07) is 0. The SMILES string of the molecule is CC(C)(C(=O)NCCN1CCOCC1)N1CCOCC1. The van der Waals surface area contributed by atoms with Gasteiger partial charge in [-0.05, 0) is 13.8 Å². The summed E-state index contributed by atoms with van der Waals surface area (Å²) < 4.78 is 10.7. The Bertz CT molecular complexity index is 311. The van der Waals surface area contributed by atoms with E-state index in [0.717, 1.165) is 45.9 Å². The van der Waals surface area contributed by atoms with Crippen LogP contribution in [0.15, 0.2) is 0 Å². The summed E-state index contributed by atoms with van der Waals surface area (Å²) in [6.07, 6.45) is 0. The molecule has 0 radical (unpaired) electrons. The molecule has 1 amide bonds. The minimum atomic E-state index is -0.464. The van der Waals surface area contributed by atoms with Crippen LogP contribution in [0.25, 0.3) is 0 Å². The molecule has 0 bridgehead atoms. The lowest BCUT2D eigenvalue weighted by atomic mass is 10.0. The molecule has 1 N–H and O–H groups in total. The second-order valence-electron chi connectivity index (χ2n) is 5.87. The zero-order valence-electron chi connectivity index (χ0n) is 12.7. The van der Waals surface area contributed by atoms with E-state index in [1.54, 1.807) is 0 Å². The molecule has 2 aliphatic heterocycles. The Morgan fingerprint density at radius 1 is 1.05 bits per heavy atom. The Kier molecular flexibility index (Phi) is 5.77. The van der Waals surface area contributed by atoms with Crippen LogP contribution in [0.4, 0.5) is 0 Å². The standard InChI is InChI=1S/C14H27N3O3/c1-14(2,17-7-11-20-12-8-17)13(18)15-3-4-16-5-9-19-10-6-16/h3-12H2,1-2H3,(H,15,18). The van der Waals surface area contributed by atoms with Crippen LogP contribution in [0.1, 0.15) is 13.8 Å². The normalized spacial score (nSPS) is 22.7. The maximum Gasteiger partial charge on any atom is 0.240 e. The largest absolute Gasteiger partial charge is 0.379 e. The van der Waals surface area contributed by atoms with E-state index in [1.165, 1.54) is 0 Å². The van der Waals surface area contributed by atoms with Gasteiger partial charge in [-0.2, -0.15) is 0 Å². The predicted octanol–water partition coefficient (Wildman–Crippen LogP) is -0.454. The fourth-order valence-corrected chi connectivity index (χ4v) is 2.63. The van der Waals surface area contributed by atoms with Gasteiger partial charge in [0, 0.05) is 39.3 Å². The first-order valence-corrected chi connectivity index (χ1v) is 7.52. The maximum atomic E-state index is 12.4. The van der Waals surface area contributed by atoms with Gasteiger partial charge in [-0.1, -0.05) is 0 Å². The van der Waals surface area contributed by atoms with E-state index in [0.29, 0.717) is 19.8 Å². The molecular formula is C14H27N3O3. The van der Waals surface area contributed by atoms with Crippen molar-refractivity contribution >= 4 is 5.91 Å². The third kappa shape index (κ3) is 4.15. The molecule has 2 fully saturated rings. The average molecular weight is 285 g/mol. The number of nitrogens with zero attached hydrogens (tertiary/aromatic N) is 2. The molecule has 6 nitrogen and oxygen atoms in total. The molecule has 0 aromatic carbocycles. The summed E-state index contributed by atoms with van der Waals surface area (Å²) in [5, 5.41) is 3.06. The van der Waals surface area contributed by atoms with Gasteiger partial charge in [0.2, 0.25) is 5.91 Å². The van der Waals surface area contributed by atoms with Crippen molar-refractivity contribution in [1.82, 2.24) is 15.1 Å². The molecule has 2 aliphatic rings. The van der Waals surface area contributed by atoms with Crippen molar-refractivity contribution < 1.29 is 14.3 Å². The molecule has 0 aromatic rings. The summed E-state index contributed by atoms with van der Waals surface area (Å²) in [5.41, 5.74) is -0.464. The van der Waals surface area contributed by atoms with Gasteiger partial charge in [-0.25, -0.2) is 0 Å². The monoisotopic (exact) mass is 285 g/mol. The van der Waals surface area contributed by atoms with Crippen LogP contribution >= 0.6 is 0 Å². The number of nitrogens with one attached hydrogen (secondary N) is 1. The lowest BCUT2D eigenvalue weighted by molar-refractivity contribution is -0.134. The molecule has 6 heteroatoms. The molecule has 0 spiro atoms. The maximum absolute atomic E-state index is 12.4. The molecule has 116 valence electrons. The molecule has 20 heavy (non-hydrogen) atoms. The van der Waals surface area contributed by atoms with Crippen LogP contribution in [-0.2, 0) is 14.3 Å². The topological polar surface area (TPSA) is 54.0 Å². The second-order valence-corrected chi connectivity index (χ2v) is 5.87. The van der Waals surface area contributed by atoms with E-state index in [1.807, 2.05) is 13.8 Å². The first-order chi connectivity index (χ1) is 9.60. The molecule has 0 saturated carbocycles. The molecule has 2 saturated heterocycles. The third-order valence-corrected chi connectivity index (χ3v) is 4.17. The number of hydrogen-bond acceptors (Lipinski definition) is 5. The first-order valence-electron chi connectivity index (χ1n) is 7.52. The van der Waals surface area contributed by atoms with Crippen LogP contribution in [0.5, 0.6) is 0 Å². The number of amides is 1. The molecule has 0 aromatic heterocycles. The smallest absolute Gasteiger partial charge is 0.240 e. The van der Waals surface area contributed by atoms with E-state index in [9.17, 15) is 4.79 Å². The fourth-order valence-electron chi connectivity index (χ4n) is 2.63. The Morgan fingerprint density at radius 3 is 2.20 bits per heavy atom. The fraction of sp³-hybridized carbons (Fsp3) is 0.929. The predicted molar refractivity (Wildman–Crippen MR) is 76.7 cm³/mol. The number of carbonyl (C=O) groups is 1. The van der Waals surface area contributed by atoms with Crippen molar-refractivity contribution in [3.8, 4) is 0 Å². The summed E-state index contributed by atoms with van der Waals surface area (Å²) in [6.45, 7) is 12.2. The minimum Gasteiger partial charge on any atom is -0.379 e. The quantitative estimate of drug-likeness (QED) is 0.741. The number of ether oxygens (including phenoxy) is 2. The van der Waals surface area contributed by atoms with Gasteiger partial charge in [0.25, 0.3) is 0 Å². The van der Waals surface area contributed by atoms with Gasteiger partial charge in [-0.3, -0.25) is 14.6 Å². The van der Waals surface area contributed by atoms with E-state index in [2.05, 4.69) is 15.1 Å². The zero-order valence-corrected chi connectivity index (χ0v) is 12.7. The highest BCUT2D eigenvalue weighted by molar-refractivity contribution is 5.85. The third-order valence-electron chi connectivity index (χ3n) is 4.17. The van der Waals surface area contributed by atoms with E-state index in [4.69, 9.17) is 9.47 Å². The number of hydrogen-bond donors (Lipinski definition) is 1. The van der Waals surface area contributed by atoms with Gasteiger partial charge < -0.3 is 14.8 Å². The van der Waals surface area contributed by atoms with Crippen molar-refractivity contribution in [3.63, 3.8) is 0 Å². The highest BCUT2D eigenvalue weighted by Gasteiger charge is 2.35. The molecular weight excluding hydrogens is 258 g/mol. The van der Waals surface area contributed by atoms with Gasteiger partial charge >= 0.3 is 0 Å². The van der Waals surface area contributed by atoms with Crippen molar-refractivity contribution in [1.29, 1.82) is 0 Å². The first kappa shape index (κ1) is 15.7. The highest BCUT2D eigenvalue weighted by Crippen LogP contribution is 2.16. The van der Waals surface area contributed by atoms with Crippen molar-refractivity contribution in [2.45, 2.75) is 19.4 Å². The number of rotatable bonds is 5. The van der Waals surface area contributed by atoms with Crippen LogP contribution in [0, 0.1) is 0 Å². The van der Waals surface area contributed by atoms with E-state index in [-0.39, 0.29) is 5.91 Å². The average Bonchev–Trinajstić information content (AvgIpc) is 2.49. The highest BCUT2D eigenvalue weighted by atomic mass is 16.5. The van der Waals surface area contributed by atoms with Crippen LogP contribution < -0.4 is 5.32 Å². The van der Waals surface area contributed by atoms with E-state index < -0.39 is 5.54 Å². The molecule has 2 heterocycles. The minimum absolute atomic E-state index is 0.104. The lowest BCUT2D eigenvalue weighted by Crippen LogP contribution is -2.58. The van der Waals surface area contributed by atoms with Gasteiger partial charge in [0.15, 0.2) is 0 Å². The van der Waals surface area contributed by atoms with Crippen molar-refractivity contribution in [2.24, 2.45) is 0 Å². The Morgan fingerprint density at radius 2 is 1.60 bits per heavy atom. The molecule has 0 atom stereocenters. The van der Waals surface area contributed by atoms with Crippen LogP contribution in [0.2, 0.25) is 0 Å². The summed E-state index contributed by atoms with van der Waals surface area (Å²) >= 11 is 0. The Hall–Kier alpha value is -0.690. The molecule has 0 aliphatic carbocycles. The summed E-state index contributed by atoms with van der Waals surface area (Å²) in [7, 11) is 0. The van der Waals surface area contributed by atoms with Crippen molar-refractivity contribution in [2.75, 3.05) is 65.7 Å². The second kappa shape index (κ2) is 7.36. The van der Waals surface area contributed by atoms with Crippen LogP contribution in [0.3, 0.4) is 0 Å².